The van der Waals surface area contributed by atoms with Gasteiger partial charge in [0, 0.05) is 31.2 Å². The summed E-state index contributed by atoms with van der Waals surface area (Å²) in [5.74, 6) is 6.11. The third-order valence-corrected chi connectivity index (χ3v) is 5.01. The number of hydrogen-bond acceptors (Lipinski definition) is 5. The summed E-state index contributed by atoms with van der Waals surface area (Å²) < 4.78 is 0. The summed E-state index contributed by atoms with van der Waals surface area (Å²) in [5.41, 5.74) is 6.99. The fourth-order valence-electron chi connectivity index (χ4n) is 3.39. The molecule has 1 saturated heterocycles. The average Bonchev–Trinajstić information content (AvgIpc) is 2.71. The Labute approximate surface area is 165 Å². The zero-order chi connectivity index (χ0) is 18.9. The smallest absolute Gasteiger partial charge is 0.0734 e. The van der Waals surface area contributed by atoms with E-state index in [1.54, 1.807) is 0 Å². The molecule has 1 aliphatic rings. The SMILES string of the molecule is ONNCC#CCN1CCN([C@H](c2ccccc2)c2ccc(Cl)cc2)CC1. The summed E-state index contributed by atoms with van der Waals surface area (Å²) >= 11 is 6.09. The predicted octanol–water partition coefficient (Wildman–Crippen LogP) is 2.53. The minimum absolute atomic E-state index is 0.233. The summed E-state index contributed by atoms with van der Waals surface area (Å²) in [6.07, 6.45) is 0. The van der Waals surface area contributed by atoms with Gasteiger partial charge in [0.15, 0.2) is 0 Å². The number of piperazine rings is 1. The Morgan fingerprint density at radius 1 is 0.926 bits per heavy atom. The standard InChI is InChI=1S/C21H25ClN4O/c22-20-10-8-19(9-11-20)21(18-6-2-1-3-7-18)26-16-14-25(15-17-26)13-5-4-12-23-24-27/h1-3,6-11,21,23-24,27H,12-17H2/t21-/m1/s1. The Morgan fingerprint density at radius 3 is 2.26 bits per heavy atom. The van der Waals surface area contributed by atoms with Crippen LogP contribution in [0.1, 0.15) is 17.2 Å². The molecular weight excluding hydrogens is 360 g/mol. The van der Waals surface area contributed by atoms with E-state index in [2.05, 4.69) is 69.5 Å². The summed E-state index contributed by atoms with van der Waals surface area (Å²) in [7, 11) is 0. The van der Waals surface area contributed by atoms with Gasteiger partial charge in [-0.1, -0.05) is 65.9 Å². The third-order valence-electron chi connectivity index (χ3n) is 4.76. The predicted molar refractivity (Wildman–Crippen MR) is 108 cm³/mol. The first-order chi connectivity index (χ1) is 13.3. The molecule has 0 spiro atoms. The van der Waals surface area contributed by atoms with E-state index in [9.17, 15) is 0 Å². The van der Waals surface area contributed by atoms with Crippen molar-refractivity contribution in [3.05, 3.63) is 70.7 Å². The monoisotopic (exact) mass is 384 g/mol. The number of rotatable bonds is 6. The van der Waals surface area contributed by atoms with Gasteiger partial charge in [-0.05, 0) is 23.3 Å². The minimum Gasteiger partial charge on any atom is -0.302 e. The molecule has 0 unspecified atom stereocenters. The van der Waals surface area contributed by atoms with Gasteiger partial charge in [-0.3, -0.25) is 9.80 Å². The van der Waals surface area contributed by atoms with Crippen molar-refractivity contribution in [1.29, 1.82) is 0 Å². The number of halogens is 1. The number of nitrogens with zero attached hydrogens (tertiary/aromatic N) is 2. The van der Waals surface area contributed by atoms with Crippen LogP contribution in [0.2, 0.25) is 5.02 Å². The second kappa shape index (κ2) is 10.4. The minimum atomic E-state index is 0.233. The van der Waals surface area contributed by atoms with Gasteiger partial charge in [-0.15, -0.1) is 5.59 Å². The zero-order valence-corrected chi connectivity index (χ0v) is 16.0. The lowest BCUT2D eigenvalue weighted by Crippen LogP contribution is -2.47. The molecule has 142 valence electrons. The maximum Gasteiger partial charge on any atom is 0.0734 e. The summed E-state index contributed by atoms with van der Waals surface area (Å²) in [6.45, 7) is 5.11. The molecule has 1 fully saturated rings. The fraction of sp³-hybridized carbons (Fsp3) is 0.333. The van der Waals surface area contributed by atoms with E-state index in [4.69, 9.17) is 16.8 Å². The molecule has 1 aliphatic heterocycles. The molecule has 0 aliphatic carbocycles. The van der Waals surface area contributed by atoms with Gasteiger partial charge in [0.25, 0.3) is 0 Å². The topological polar surface area (TPSA) is 50.8 Å². The Bertz CT molecular complexity index is 749. The second-order valence-electron chi connectivity index (χ2n) is 6.50. The van der Waals surface area contributed by atoms with Crippen LogP contribution in [0.15, 0.2) is 54.6 Å². The highest BCUT2D eigenvalue weighted by Gasteiger charge is 2.26. The highest BCUT2D eigenvalue weighted by atomic mass is 35.5. The zero-order valence-electron chi connectivity index (χ0n) is 15.2. The summed E-state index contributed by atoms with van der Waals surface area (Å²) in [5, 5.41) is 9.21. The fourth-order valence-corrected chi connectivity index (χ4v) is 3.51. The van der Waals surface area contributed by atoms with Crippen LogP contribution < -0.4 is 11.0 Å². The molecule has 1 atom stereocenters. The van der Waals surface area contributed by atoms with E-state index in [1.807, 2.05) is 17.7 Å². The van der Waals surface area contributed by atoms with Gasteiger partial charge in [0.05, 0.1) is 19.1 Å². The van der Waals surface area contributed by atoms with Crippen molar-refractivity contribution < 1.29 is 5.21 Å². The molecule has 0 aromatic heterocycles. The number of hydrogen-bond donors (Lipinski definition) is 3. The lowest BCUT2D eigenvalue weighted by molar-refractivity contribution is 0.119. The Balaban J connectivity index is 1.66. The first-order valence-electron chi connectivity index (χ1n) is 9.12. The number of benzene rings is 2. The van der Waals surface area contributed by atoms with Crippen molar-refractivity contribution >= 4 is 11.6 Å². The third kappa shape index (κ3) is 5.78. The van der Waals surface area contributed by atoms with Gasteiger partial charge in [-0.2, -0.15) is 0 Å². The van der Waals surface area contributed by atoms with Crippen LogP contribution in [0.5, 0.6) is 0 Å². The van der Waals surface area contributed by atoms with Gasteiger partial charge in [-0.25, -0.2) is 5.43 Å². The number of hydrazine groups is 1. The van der Waals surface area contributed by atoms with Crippen molar-refractivity contribution in [2.45, 2.75) is 6.04 Å². The Kier molecular flexibility index (Phi) is 7.66. The van der Waals surface area contributed by atoms with Crippen LogP contribution in [-0.2, 0) is 0 Å². The molecule has 27 heavy (non-hydrogen) atoms. The van der Waals surface area contributed by atoms with Gasteiger partial charge in [0.2, 0.25) is 0 Å². The maximum atomic E-state index is 8.45. The van der Waals surface area contributed by atoms with Crippen molar-refractivity contribution in [3.8, 4) is 11.8 Å². The van der Waals surface area contributed by atoms with Crippen molar-refractivity contribution in [2.24, 2.45) is 0 Å². The quantitative estimate of drug-likeness (QED) is 0.406. The molecule has 2 aromatic rings. The normalized spacial score (nSPS) is 16.5. The molecule has 3 N–H and O–H groups in total. The molecular formula is C21H25ClN4O. The van der Waals surface area contributed by atoms with Crippen LogP contribution >= 0.6 is 11.6 Å². The molecule has 0 radical (unpaired) electrons. The summed E-state index contributed by atoms with van der Waals surface area (Å²) in [4.78, 5) is 4.89. The van der Waals surface area contributed by atoms with E-state index in [0.717, 1.165) is 37.7 Å². The molecule has 0 saturated carbocycles. The van der Waals surface area contributed by atoms with Gasteiger partial charge in [0.1, 0.15) is 0 Å². The first kappa shape index (κ1) is 19.8. The first-order valence-corrected chi connectivity index (χ1v) is 9.50. The largest absolute Gasteiger partial charge is 0.302 e. The van der Waals surface area contributed by atoms with Gasteiger partial charge < -0.3 is 5.21 Å². The highest BCUT2D eigenvalue weighted by molar-refractivity contribution is 6.30. The summed E-state index contributed by atoms with van der Waals surface area (Å²) in [6, 6.07) is 19.1. The molecule has 2 aromatic carbocycles. The van der Waals surface area contributed by atoms with Gasteiger partial charge >= 0.3 is 0 Å². The lowest BCUT2D eigenvalue weighted by atomic mass is 9.96. The van der Waals surface area contributed by atoms with Crippen molar-refractivity contribution in [2.75, 3.05) is 39.3 Å². The molecule has 3 rings (SSSR count). The molecule has 6 heteroatoms. The van der Waals surface area contributed by atoms with Crippen LogP contribution in [0, 0.1) is 11.8 Å². The molecule has 5 nitrogen and oxygen atoms in total. The average molecular weight is 385 g/mol. The Morgan fingerprint density at radius 2 is 1.59 bits per heavy atom. The van der Waals surface area contributed by atoms with Crippen molar-refractivity contribution in [1.82, 2.24) is 20.8 Å². The number of nitrogens with one attached hydrogen (secondary N) is 2. The van der Waals surface area contributed by atoms with Crippen molar-refractivity contribution in [3.63, 3.8) is 0 Å². The van der Waals surface area contributed by atoms with E-state index < -0.39 is 0 Å². The Hall–Kier alpha value is -1.91. The van der Waals surface area contributed by atoms with E-state index >= 15 is 0 Å². The van der Waals surface area contributed by atoms with E-state index in [-0.39, 0.29) is 6.04 Å². The maximum absolute atomic E-state index is 8.45. The van der Waals surface area contributed by atoms with Crippen LogP contribution in [0.25, 0.3) is 0 Å². The molecule has 0 amide bonds. The highest BCUT2D eigenvalue weighted by Crippen LogP contribution is 2.30. The second-order valence-corrected chi connectivity index (χ2v) is 6.93. The van der Waals surface area contributed by atoms with E-state index in [1.165, 1.54) is 11.1 Å². The lowest BCUT2D eigenvalue weighted by Gasteiger charge is -2.39. The van der Waals surface area contributed by atoms with Crippen LogP contribution in [0.4, 0.5) is 0 Å². The van der Waals surface area contributed by atoms with E-state index in [0.29, 0.717) is 6.54 Å². The van der Waals surface area contributed by atoms with Crippen LogP contribution in [-0.4, -0.2) is 54.3 Å². The molecule has 1 heterocycles. The molecule has 0 bridgehead atoms. The van der Waals surface area contributed by atoms with Crippen LogP contribution in [0.3, 0.4) is 0 Å².